The second-order valence-corrected chi connectivity index (χ2v) is 5.65. The minimum atomic E-state index is 0.335. The quantitative estimate of drug-likeness (QED) is 0.826. The highest BCUT2D eigenvalue weighted by molar-refractivity contribution is 6.31. The van der Waals surface area contributed by atoms with Gasteiger partial charge in [-0.3, -0.25) is 0 Å². The van der Waals surface area contributed by atoms with E-state index in [-0.39, 0.29) is 0 Å². The zero-order chi connectivity index (χ0) is 11.5. The summed E-state index contributed by atoms with van der Waals surface area (Å²) in [6.45, 7) is 10.7. The van der Waals surface area contributed by atoms with Crippen molar-refractivity contribution in [2.75, 3.05) is 6.54 Å². The molecule has 1 aromatic rings. The van der Waals surface area contributed by atoms with Crippen LogP contribution in [0.15, 0.2) is 18.2 Å². The fraction of sp³-hybridized carbons (Fsp3) is 0.538. The van der Waals surface area contributed by atoms with Gasteiger partial charge in [0, 0.05) is 18.1 Å². The Hall–Kier alpha value is -0.530. The van der Waals surface area contributed by atoms with Crippen molar-refractivity contribution in [3.63, 3.8) is 0 Å². The van der Waals surface area contributed by atoms with Gasteiger partial charge in [-0.2, -0.15) is 0 Å². The Bertz CT molecular complexity index is 326. The van der Waals surface area contributed by atoms with Crippen molar-refractivity contribution in [3.8, 4) is 0 Å². The largest absolute Gasteiger partial charge is 0.312 e. The molecule has 0 aliphatic rings. The SMILES string of the molecule is Cc1cc(CNCC(C)(C)C)ccc1Cl. The predicted molar refractivity (Wildman–Crippen MR) is 67.4 cm³/mol. The molecule has 0 aliphatic carbocycles. The van der Waals surface area contributed by atoms with Crippen molar-refractivity contribution in [3.05, 3.63) is 34.3 Å². The first kappa shape index (κ1) is 12.5. The third-order valence-corrected chi connectivity index (χ3v) is 2.63. The summed E-state index contributed by atoms with van der Waals surface area (Å²) in [4.78, 5) is 0. The maximum atomic E-state index is 5.97. The van der Waals surface area contributed by atoms with Crippen molar-refractivity contribution < 1.29 is 0 Å². The highest BCUT2D eigenvalue weighted by Crippen LogP contribution is 2.16. The van der Waals surface area contributed by atoms with Crippen LogP contribution in [0.4, 0.5) is 0 Å². The lowest BCUT2D eigenvalue weighted by molar-refractivity contribution is 0.379. The molecule has 1 N–H and O–H groups in total. The van der Waals surface area contributed by atoms with E-state index in [1.165, 1.54) is 5.56 Å². The van der Waals surface area contributed by atoms with Crippen molar-refractivity contribution in [1.29, 1.82) is 0 Å². The van der Waals surface area contributed by atoms with Crippen LogP contribution in [-0.2, 0) is 6.54 Å². The van der Waals surface area contributed by atoms with Crippen LogP contribution in [0.25, 0.3) is 0 Å². The standard InChI is InChI=1S/C13H20ClN/c1-10-7-11(5-6-12(10)14)8-15-9-13(2,3)4/h5-7,15H,8-9H2,1-4H3. The summed E-state index contributed by atoms with van der Waals surface area (Å²) in [5.74, 6) is 0. The third kappa shape index (κ3) is 4.67. The molecule has 0 aliphatic heterocycles. The van der Waals surface area contributed by atoms with Gasteiger partial charge >= 0.3 is 0 Å². The molecule has 0 atom stereocenters. The monoisotopic (exact) mass is 225 g/mol. The van der Waals surface area contributed by atoms with E-state index >= 15 is 0 Å². The number of benzene rings is 1. The topological polar surface area (TPSA) is 12.0 Å². The minimum Gasteiger partial charge on any atom is -0.312 e. The summed E-state index contributed by atoms with van der Waals surface area (Å²) in [7, 11) is 0. The molecule has 15 heavy (non-hydrogen) atoms. The van der Waals surface area contributed by atoms with Gasteiger partial charge in [-0.25, -0.2) is 0 Å². The average Bonchev–Trinajstić information content (AvgIpc) is 2.09. The van der Waals surface area contributed by atoms with Gasteiger partial charge in [-0.05, 0) is 29.5 Å². The Balaban J connectivity index is 2.48. The van der Waals surface area contributed by atoms with E-state index in [0.717, 1.165) is 23.7 Å². The van der Waals surface area contributed by atoms with Gasteiger partial charge in [0.1, 0.15) is 0 Å². The van der Waals surface area contributed by atoms with Gasteiger partial charge < -0.3 is 5.32 Å². The molecular weight excluding hydrogens is 206 g/mol. The molecule has 1 rings (SSSR count). The highest BCUT2D eigenvalue weighted by atomic mass is 35.5. The predicted octanol–water partition coefficient (Wildman–Crippen LogP) is 3.78. The molecule has 0 fully saturated rings. The Morgan fingerprint density at radius 1 is 1.27 bits per heavy atom. The molecule has 1 nitrogen and oxygen atoms in total. The molecule has 1 aromatic carbocycles. The van der Waals surface area contributed by atoms with Crippen LogP contribution in [0.2, 0.25) is 5.02 Å². The van der Waals surface area contributed by atoms with Gasteiger partial charge in [-0.15, -0.1) is 0 Å². The number of nitrogens with one attached hydrogen (secondary N) is 1. The van der Waals surface area contributed by atoms with Crippen LogP contribution in [-0.4, -0.2) is 6.54 Å². The first-order valence-electron chi connectivity index (χ1n) is 5.34. The summed E-state index contributed by atoms with van der Waals surface area (Å²) in [5.41, 5.74) is 2.77. The van der Waals surface area contributed by atoms with Crippen LogP contribution in [0.3, 0.4) is 0 Å². The molecule has 2 heteroatoms. The molecule has 0 amide bonds. The fourth-order valence-corrected chi connectivity index (χ4v) is 1.52. The Kier molecular flexibility index (Phi) is 4.18. The molecule has 0 saturated carbocycles. The second kappa shape index (κ2) is 5.00. The van der Waals surface area contributed by atoms with E-state index in [1.807, 2.05) is 13.0 Å². The lowest BCUT2D eigenvalue weighted by Crippen LogP contribution is -2.26. The summed E-state index contributed by atoms with van der Waals surface area (Å²) >= 11 is 5.97. The average molecular weight is 226 g/mol. The van der Waals surface area contributed by atoms with Crippen molar-refractivity contribution >= 4 is 11.6 Å². The van der Waals surface area contributed by atoms with E-state index in [9.17, 15) is 0 Å². The molecule has 0 aromatic heterocycles. The van der Waals surface area contributed by atoms with E-state index in [1.54, 1.807) is 0 Å². The fourth-order valence-electron chi connectivity index (χ4n) is 1.40. The lowest BCUT2D eigenvalue weighted by Gasteiger charge is -2.18. The molecule has 0 bridgehead atoms. The number of hydrogen-bond acceptors (Lipinski definition) is 1. The third-order valence-electron chi connectivity index (χ3n) is 2.21. The van der Waals surface area contributed by atoms with E-state index in [2.05, 4.69) is 38.2 Å². The molecule has 0 unspecified atom stereocenters. The van der Waals surface area contributed by atoms with E-state index in [0.29, 0.717) is 5.41 Å². The summed E-state index contributed by atoms with van der Waals surface area (Å²) < 4.78 is 0. The molecule has 0 saturated heterocycles. The van der Waals surface area contributed by atoms with Crippen LogP contribution >= 0.6 is 11.6 Å². The normalized spacial score (nSPS) is 11.8. The maximum Gasteiger partial charge on any atom is 0.0435 e. The number of halogens is 1. The lowest BCUT2D eigenvalue weighted by atomic mass is 9.97. The molecular formula is C13H20ClN. The molecule has 0 heterocycles. The van der Waals surface area contributed by atoms with Gasteiger partial charge in [0.2, 0.25) is 0 Å². The zero-order valence-corrected chi connectivity index (χ0v) is 10.8. The first-order chi connectivity index (χ1) is 6.88. The second-order valence-electron chi connectivity index (χ2n) is 5.25. The van der Waals surface area contributed by atoms with Crippen LogP contribution in [0, 0.1) is 12.3 Å². The molecule has 0 spiro atoms. The van der Waals surface area contributed by atoms with E-state index < -0.39 is 0 Å². The number of rotatable bonds is 3. The number of aryl methyl sites for hydroxylation is 1. The van der Waals surface area contributed by atoms with Gasteiger partial charge in [-0.1, -0.05) is 44.5 Å². The van der Waals surface area contributed by atoms with Crippen molar-refractivity contribution in [2.24, 2.45) is 5.41 Å². The maximum absolute atomic E-state index is 5.97. The molecule has 0 radical (unpaired) electrons. The Morgan fingerprint density at radius 3 is 2.47 bits per heavy atom. The Morgan fingerprint density at radius 2 is 1.93 bits per heavy atom. The first-order valence-corrected chi connectivity index (χ1v) is 5.72. The molecule has 84 valence electrons. The van der Waals surface area contributed by atoms with Crippen LogP contribution in [0.5, 0.6) is 0 Å². The van der Waals surface area contributed by atoms with Crippen molar-refractivity contribution in [2.45, 2.75) is 34.2 Å². The van der Waals surface area contributed by atoms with Gasteiger partial charge in [0.05, 0.1) is 0 Å². The van der Waals surface area contributed by atoms with Crippen LogP contribution in [0.1, 0.15) is 31.9 Å². The van der Waals surface area contributed by atoms with Crippen molar-refractivity contribution in [1.82, 2.24) is 5.32 Å². The summed E-state index contributed by atoms with van der Waals surface area (Å²) in [6, 6.07) is 6.17. The minimum absolute atomic E-state index is 0.335. The highest BCUT2D eigenvalue weighted by Gasteiger charge is 2.08. The van der Waals surface area contributed by atoms with Gasteiger partial charge in [0.15, 0.2) is 0 Å². The Labute approximate surface area is 97.8 Å². The summed E-state index contributed by atoms with van der Waals surface area (Å²) in [6.07, 6.45) is 0. The number of hydrogen-bond donors (Lipinski definition) is 1. The van der Waals surface area contributed by atoms with Gasteiger partial charge in [0.25, 0.3) is 0 Å². The zero-order valence-electron chi connectivity index (χ0n) is 10.0. The smallest absolute Gasteiger partial charge is 0.0435 e. The van der Waals surface area contributed by atoms with Crippen LogP contribution < -0.4 is 5.32 Å². The van der Waals surface area contributed by atoms with E-state index in [4.69, 9.17) is 11.6 Å². The summed E-state index contributed by atoms with van der Waals surface area (Å²) in [5, 5.41) is 4.29.